The predicted octanol–water partition coefficient (Wildman–Crippen LogP) is 3.27. The molecular weight excluding hydrogens is 160 g/mol. The number of allylic oxidation sites excluding steroid dienone is 2. The van der Waals surface area contributed by atoms with Crippen molar-refractivity contribution >= 4 is 5.76 Å². The fourth-order valence-electron chi connectivity index (χ4n) is 1.30. The number of hydrogen-bond donors (Lipinski definition) is 0. The lowest BCUT2D eigenvalue weighted by Gasteiger charge is -2.09. The van der Waals surface area contributed by atoms with E-state index in [1.807, 2.05) is 6.08 Å². The smallest absolute Gasteiger partial charge is 0.130 e. The molecular formula is C12H12O. The third-order valence-corrected chi connectivity index (χ3v) is 2.07. The largest absolute Gasteiger partial charge is 0.465 e. The van der Waals surface area contributed by atoms with E-state index in [0.29, 0.717) is 0 Å². The fourth-order valence-corrected chi connectivity index (χ4v) is 1.30. The summed E-state index contributed by atoms with van der Waals surface area (Å²) in [6.45, 7) is 2.08. The highest BCUT2D eigenvalue weighted by Gasteiger charge is 2.02. The molecule has 0 atom stereocenters. The summed E-state index contributed by atoms with van der Waals surface area (Å²) in [6.07, 6.45) is 6.79. The van der Waals surface area contributed by atoms with Crippen LogP contribution in [-0.4, -0.2) is 0 Å². The lowest BCUT2D eigenvalue weighted by Crippen LogP contribution is -1.89. The van der Waals surface area contributed by atoms with Crippen LogP contribution in [0.15, 0.2) is 42.7 Å². The highest BCUT2D eigenvalue weighted by Crippen LogP contribution is 2.20. The van der Waals surface area contributed by atoms with Gasteiger partial charge in [-0.05, 0) is 25.5 Å². The Morgan fingerprint density at radius 2 is 1.92 bits per heavy atom. The highest BCUT2D eigenvalue weighted by molar-refractivity contribution is 5.61. The van der Waals surface area contributed by atoms with E-state index < -0.39 is 0 Å². The van der Waals surface area contributed by atoms with Crippen LogP contribution in [0.2, 0.25) is 0 Å². The zero-order chi connectivity index (χ0) is 9.10. The molecule has 0 N–H and O–H groups in total. The summed E-state index contributed by atoms with van der Waals surface area (Å²) in [5, 5.41) is 0. The molecule has 1 aliphatic rings. The minimum atomic E-state index is 0.961. The molecule has 13 heavy (non-hydrogen) atoms. The van der Waals surface area contributed by atoms with Crippen LogP contribution in [0.4, 0.5) is 0 Å². The normalized spacial score (nSPS) is 15.0. The second kappa shape index (κ2) is 3.48. The summed E-state index contributed by atoms with van der Waals surface area (Å²) in [7, 11) is 0. The van der Waals surface area contributed by atoms with Crippen molar-refractivity contribution in [3.8, 4) is 0 Å². The van der Waals surface area contributed by atoms with E-state index in [2.05, 4.69) is 37.3 Å². The van der Waals surface area contributed by atoms with Crippen LogP contribution in [-0.2, 0) is 4.74 Å². The summed E-state index contributed by atoms with van der Waals surface area (Å²) in [6, 6.07) is 8.36. The molecule has 0 aromatic heterocycles. The molecule has 0 amide bonds. The molecule has 0 aliphatic carbocycles. The molecule has 1 aromatic carbocycles. The van der Waals surface area contributed by atoms with E-state index in [0.717, 1.165) is 17.7 Å². The van der Waals surface area contributed by atoms with Crippen molar-refractivity contribution in [3.63, 3.8) is 0 Å². The highest BCUT2D eigenvalue weighted by atomic mass is 16.5. The van der Waals surface area contributed by atoms with Crippen LogP contribution in [0.3, 0.4) is 0 Å². The number of benzene rings is 1. The maximum Gasteiger partial charge on any atom is 0.130 e. The zero-order valence-corrected chi connectivity index (χ0v) is 7.66. The summed E-state index contributed by atoms with van der Waals surface area (Å²) < 4.78 is 5.38. The minimum absolute atomic E-state index is 0.961. The van der Waals surface area contributed by atoms with Gasteiger partial charge in [0.25, 0.3) is 0 Å². The van der Waals surface area contributed by atoms with Gasteiger partial charge in [0.05, 0.1) is 6.26 Å². The van der Waals surface area contributed by atoms with Gasteiger partial charge < -0.3 is 4.74 Å². The Morgan fingerprint density at radius 3 is 2.54 bits per heavy atom. The quantitative estimate of drug-likeness (QED) is 0.631. The molecule has 0 saturated carbocycles. The molecule has 0 bridgehead atoms. The van der Waals surface area contributed by atoms with E-state index in [1.165, 1.54) is 5.56 Å². The number of aryl methyl sites for hydroxylation is 1. The molecule has 1 nitrogen and oxygen atoms in total. The molecule has 0 unspecified atom stereocenters. The molecule has 1 aromatic rings. The van der Waals surface area contributed by atoms with Gasteiger partial charge in [-0.25, -0.2) is 0 Å². The Labute approximate surface area is 78.3 Å². The molecule has 1 aliphatic heterocycles. The Bertz CT molecular complexity index is 344. The van der Waals surface area contributed by atoms with Gasteiger partial charge in [-0.3, -0.25) is 0 Å². The SMILES string of the molecule is Cc1ccc(C2=CCC=CO2)cc1. The molecule has 1 heterocycles. The minimum Gasteiger partial charge on any atom is -0.465 e. The maximum atomic E-state index is 5.38. The van der Waals surface area contributed by atoms with E-state index in [-0.39, 0.29) is 0 Å². The lowest BCUT2D eigenvalue weighted by molar-refractivity contribution is 0.427. The van der Waals surface area contributed by atoms with Crippen molar-refractivity contribution in [1.29, 1.82) is 0 Å². The second-order valence-corrected chi connectivity index (χ2v) is 3.16. The van der Waals surface area contributed by atoms with E-state index in [9.17, 15) is 0 Å². The third kappa shape index (κ3) is 1.81. The van der Waals surface area contributed by atoms with Crippen LogP contribution < -0.4 is 0 Å². The monoisotopic (exact) mass is 172 g/mol. The van der Waals surface area contributed by atoms with Crippen LogP contribution >= 0.6 is 0 Å². The Hall–Kier alpha value is -1.50. The zero-order valence-electron chi connectivity index (χ0n) is 7.66. The van der Waals surface area contributed by atoms with Gasteiger partial charge in [0.1, 0.15) is 5.76 Å². The van der Waals surface area contributed by atoms with Crippen molar-refractivity contribution < 1.29 is 4.74 Å². The fraction of sp³-hybridized carbons (Fsp3) is 0.167. The van der Waals surface area contributed by atoms with Gasteiger partial charge in [0.15, 0.2) is 0 Å². The Balaban J connectivity index is 2.25. The van der Waals surface area contributed by atoms with Gasteiger partial charge in [-0.2, -0.15) is 0 Å². The summed E-state index contributed by atoms with van der Waals surface area (Å²) in [4.78, 5) is 0. The van der Waals surface area contributed by atoms with Crippen molar-refractivity contribution in [2.75, 3.05) is 0 Å². The first-order chi connectivity index (χ1) is 6.36. The van der Waals surface area contributed by atoms with Crippen LogP contribution in [0.5, 0.6) is 0 Å². The first-order valence-corrected chi connectivity index (χ1v) is 4.45. The summed E-state index contributed by atoms with van der Waals surface area (Å²) >= 11 is 0. The van der Waals surface area contributed by atoms with E-state index in [4.69, 9.17) is 4.74 Å². The Kier molecular flexibility index (Phi) is 2.17. The van der Waals surface area contributed by atoms with Gasteiger partial charge in [-0.15, -0.1) is 0 Å². The topological polar surface area (TPSA) is 9.23 Å². The lowest BCUT2D eigenvalue weighted by atomic mass is 10.1. The van der Waals surface area contributed by atoms with Crippen molar-refractivity contribution in [3.05, 3.63) is 53.8 Å². The van der Waals surface area contributed by atoms with Crippen LogP contribution in [0.25, 0.3) is 5.76 Å². The standard InChI is InChI=1S/C12H12O/c1-10-5-7-11(8-6-10)12-4-2-3-9-13-12/h3-9H,2H2,1H3. The molecule has 2 rings (SSSR count). The van der Waals surface area contributed by atoms with E-state index >= 15 is 0 Å². The van der Waals surface area contributed by atoms with Gasteiger partial charge >= 0.3 is 0 Å². The summed E-state index contributed by atoms with van der Waals surface area (Å²) in [5.74, 6) is 0.961. The first kappa shape index (κ1) is 8.11. The number of ether oxygens (including phenoxy) is 1. The van der Waals surface area contributed by atoms with Crippen LogP contribution in [0.1, 0.15) is 17.5 Å². The molecule has 0 fully saturated rings. The molecule has 0 radical (unpaired) electrons. The second-order valence-electron chi connectivity index (χ2n) is 3.16. The average Bonchev–Trinajstić information content (AvgIpc) is 2.20. The predicted molar refractivity (Wildman–Crippen MR) is 54.0 cm³/mol. The molecule has 0 saturated heterocycles. The molecule has 1 heteroatoms. The number of hydrogen-bond acceptors (Lipinski definition) is 1. The van der Waals surface area contributed by atoms with Gasteiger partial charge in [-0.1, -0.05) is 29.8 Å². The van der Waals surface area contributed by atoms with Crippen molar-refractivity contribution in [2.45, 2.75) is 13.3 Å². The Morgan fingerprint density at radius 1 is 1.15 bits per heavy atom. The molecule has 0 spiro atoms. The number of rotatable bonds is 1. The molecule has 66 valence electrons. The maximum absolute atomic E-state index is 5.38. The average molecular weight is 172 g/mol. The van der Waals surface area contributed by atoms with Crippen molar-refractivity contribution in [1.82, 2.24) is 0 Å². The van der Waals surface area contributed by atoms with E-state index in [1.54, 1.807) is 6.26 Å². The van der Waals surface area contributed by atoms with Crippen LogP contribution in [0, 0.1) is 6.92 Å². The third-order valence-electron chi connectivity index (χ3n) is 2.07. The van der Waals surface area contributed by atoms with Gasteiger partial charge in [0, 0.05) is 5.56 Å². The van der Waals surface area contributed by atoms with Gasteiger partial charge in [0.2, 0.25) is 0 Å². The summed E-state index contributed by atoms with van der Waals surface area (Å²) in [5.41, 5.74) is 2.42. The van der Waals surface area contributed by atoms with Crippen molar-refractivity contribution in [2.24, 2.45) is 0 Å². The first-order valence-electron chi connectivity index (χ1n) is 4.45.